The van der Waals surface area contributed by atoms with Crippen LogP contribution in [0.3, 0.4) is 0 Å². The Hall–Kier alpha value is -1.02. The molecule has 0 bridgehead atoms. The fraction of sp³-hybridized carbons (Fsp3) is 0.364. The maximum Gasteiger partial charge on any atom is 0.122 e. The van der Waals surface area contributed by atoms with Crippen molar-refractivity contribution in [3.05, 3.63) is 28.3 Å². The molecule has 0 heterocycles. The van der Waals surface area contributed by atoms with Crippen LogP contribution >= 0.6 is 11.6 Å². The third-order valence-electron chi connectivity index (χ3n) is 2.22. The van der Waals surface area contributed by atoms with E-state index in [0.717, 1.165) is 23.2 Å². The number of benzene rings is 1. The number of aldehydes is 1. The zero-order chi connectivity index (χ0) is 10.6. The summed E-state index contributed by atoms with van der Waals surface area (Å²) in [6.45, 7) is 1.94. The third kappa shape index (κ3) is 2.26. The first-order chi connectivity index (χ1) is 6.70. The van der Waals surface area contributed by atoms with E-state index < -0.39 is 0 Å². The molecule has 0 unspecified atom stereocenters. The van der Waals surface area contributed by atoms with Crippen LogP contribution in [0.25, 0.3) is 0 Å². The highest BCUT2D eigenvalue weighted by Gasteiger charge is 2.08. The van der Waals surface area contributed by atoms with Crippen molar-refractivity contribution in [2.75, 3.05) is 7.11 Å². The molecule has 14 heavy (non-hydrogen) atoms. The van der Waals surface area contributed by atoms with Crippen molar-refractivity contribution < 1.29 is 9.53 Å². The van der Waals surface area contributed by atoms with Gasteiger partial charge in [0, 0.05) is 11.4 Å². The van der Waals surface area contributed by atoms with Crippen LogP contribution in [0.5, 0.6) is 5.75 Å². The van der Waals surface area contributed by atoms with Gasteiger partial charge in [0.15, 0.2) is 0 Å². The zero-order valence-corrected chi connectivity index (χ0v) is 9.10. The average molecular weight is 213 g/mol. The Morgan fingerprint density at radius 1 is 1.50 bits per heavy atom. The monoisotopic (exact) mass is 212 g/mol. The zero-order valence-electron chi connectivity index (χ0n) is 8.34. The van der Waals surface area contributed by atoms with E-state index in [-0.39, 0.29) is 0 Å². The number of hydrogen-bond acceptors (Lipinski definition) is 2. The molecule has 0 amide bonds. The van der Waals surface area contributed by atoms with E-state index in [1.807, 2.05) is 13.0 Å². The number of carbonyl (C=O) groups is 1. The Bertz CT molecular complexity index is 334. The molecule has 0 atom stereocenters. The number of halogens is 1. The van der Waals surface area contributed by atoms with E-state index in [9.17, 15) is 4.79 Å². The smallest absolute Gasteiger partial charge is 0.122 e. The lowest BCUT2D eigenvalue weighted by atomic mass is 10.0. The second kappa shape index (κ2) is 5.01. The first-order valence-corrected chi connectivity index (χ1v) is 4.84. The van der Waals surface area contributed by atoms with Gasteiger partial charge in [-0.25, -0.2) is 0 Å². The summed E-state index contributed by atoms with van der Waals surface area (Å²) in [6, 6.07) is 3.63. The van der Waals surface area contributed by atoms with E-state index in [1.54, 1.807) is 13.2 Å². The summed E-state index contributed by atoms with van der Waals surface area (Å²) in [5, 5.41) is 0.715. The second-order valence-corrected chi connectivity index (χ2v) is 3.47. The Morgan fingerprint density at radius 3 is 2.79 bits per heavy atom. The van der Waals surface area contributed by atoms with Crippen LogP contribution < -0.4 is 4.74 Å². The molecule has 1 aromatic carbocycles. The Labute approximate surface area is 88.8 Å². The molecule has 1 rings (SSSR count). The maximum absolute atomic E-state index is 10.3. The second-order valence-electron chi connectivity index (χ2n) is 3.06. The first-order valence-electron chi connectivity index (χ1n) is 4.46. The van der Waals surface area contributed by atoms with Crippen LogP contribution in [0, 0.1) is 6.92 Å². The van der Waals surface area contributed by atoms with Crippen LogP contribution in [0.1, 0.15) is 17.5 Å². The molecule has 0 fully saturated rings. The summed E-state index contributed by atoms with van der Waals surface area (Å²) >= 11 is 5.98. The molecule has 0 aliphatic heterocycles. The van der Waals surface area contributed by atoms with Gasteiger partial charge in [-0.3, -0.25) is 0 Å². The summed E-state index contributed by atoms with van der Waals surface area (Å²) in [5.74, 6) is 0.800. The van der Waals surface area contributed by atoms with Gasteiger partial charge in [-0.15, -0.1) is 0 Å². The topological polar surface area (TPSA) is 26.3 Å². The predicted octanol–water partition coefficient (Wildman–Crippen LogP) is 2.79. The maximum atomic E-state index is 10.3. The minimum Gasteiger partial charge on any atom is -0.496 e. The molecule has 3 heteroatoms. The average Bonchev–Trinajstić information content (AvgIpc) is 2.20. The number of rotatable bonds is 4. The molecule has 0 saturated carbocycles. The van der Waals surface area contributed by atoms with Gasteiger partial charge in [-0.1, -0.05) is 11.6 Å². The minimum absolute atomic E-state index is 0.498. The van der Waals surface area contributed by atoms with Crippen molar-refractivity contribution in [3.8, 4) is 5.75 Å². The van der Waals surface area contributed by atoms with Crippen molar-refractivity contribution in [2.45, 2.75) is 19.8 Å². The predicted molar refractivity (Wildman–Crippen MR) is 57.1 cm³/mol. The first kappa shape index (κ1) is 11.1. The molecule has 0 aliphatic carbocycles. The SMILES string of the molecule is COc1ccc(Cl)c(C)c1CCC=O. The Morgan fingerprint density at radius 2 is 2.21 bits per heavy atom. The molecule has 0 saturated heterocycles. The van der Waals surface area contributed by atoms with E-state index in [1.165, 1.54) is 0 Å². The van der Waals surface area contributed by atoms with Gasteiger partial charge in [0.1, 0.15) is 12.0 Å². The third-order valence-corrected chi connectivity index (χ3v) is 2.63. The molecule has 0 spiro atoms. The van der Waals surface area contributed by atoms with Crippen LogP contribution in [0.4, 0.5) is 0 Å². The van der Waals surface area contributed by atoms with Gasteiger partial charge in [0.05, 0.1) is 7.11 Å². The molecule has 1 aromatic rings. The van der Waals surface area contributed by atoms with Crippen LogP contribution in [0.15, 0.2) is 12.1 Å². The van der Waals surface area contributed by atoms with Gasteiger partial charge in [0.2, 0.25) is 0 Å². The Kier molecular flexibility index (Phi) is 3.96. The van der Waals surface area contributed by atoms with E-state index in [0.29, 0.717) is 17.9 Å². The molecule has 0 aromatic heterocycles. The van der Waals surface area contributed by atoms with Gasteiger partial charge >= 0.3 is 0 Å². The fourth-order valence-corrected chi connectivity index (χ4v) is 1.59. The van der Waals surface area contributed by atoms with Crippen LogP contribution in [0.2, 0.25) is 5.02 Å². The molecule has 0 radical (unpaired) electrons. The van der Waals surface area contributed by atoms with Crippen molar-refractivity contribution >= 4 is 17.9 Å². The van der Waals surface area contributed by atoms with Gasteiger partial charge in [-0.05, 0) is 36.6 Å². The lowest BCUT2D eigenvalue weighted by Gasteiger charge is -2.11. The molecular weight excluding hydrogens is 200 g/mol. The molecule has 76 valence electrons. The summed E-state index contributed by atoms with van der Waals surface area (Å²) in [7, 11) is 1.62. The number of hydrogen-bond donors (Lipinski definition) is 0. The van der Waals surface area contributed by atoms with Crippen LogP contribution in [-0.4, -0.2) is 13.4 Å². The minimum atomic E-state index is 0.498. The summed E-state index contributed by atoms with van der Waals surface area (Å²) in [5.41, 5.74) is 2.01. The largest absolute Gasteiger partial charge is 0.496 e. The highest BCUT2D eigenvalue weighted by molar-refractivity contribution is 6.31. The number of carbonyl (C=O) groups excluding carboxylic acids is 1. The molecule has 2 nitrogen and oxygen atoms in total. The fourth-order valence-electron chi connectivity index (χ4n) is 1.41. The van der Waals surface area contributed by atoms with Gasteiger partial charge in [0.25, 0.3) is 0 Å². The summed E-state index contributed by atoms with van der Waals surface area (Å²) in [6.07, 6.45) is 2.08. The molecular formula is C11H13ClO2. The molecule has 0 aliphatic rings. The summed E-state index contributed by atoms with van der Waals surface area (Å²) in [4.78, 5) is 10.3. The number of methoxy groups -OCH3 is 1. The standard InChI is InChI=1S/C11H13ClO2/c1-8-9(4-3-7-13)11(14-2)6-5-10(8)12/h5-7H,3-4H2,1-2H3. The summed E-state index contributed by atoms with van der Waals surface area (Å²) < 4.78 is 5.20. The normalized spacial score (nSPS) is 9.93. The van der Waals surface area contributed by atoms with Gasteiger partial charge < -0.3 is 9.53 Å². The Balaban J connectivity index is 3.07. The highest BCUT2D eigenvalue weighted by atomic mass is 35.5. The van der Waals surface area contributed by atoms with E-state index >= 15 is 0 Å². The van der Waals surface area contributed by atoms with Crippen molar-refractivity contribution in [1.29, 1.82) is 0 Å². The number of ether oxygens (including phenoxy) is 1. The highest BCUT2D eigenvalue weighted by Crippen LogP contribution is 2.28. The molecule has 0 N–H and O–H groups in total. The lowest BCUT2D eigenvalue weighted by Crippen LogP contribution is -1.96. The quantitative estimate of drug-likeness (QED) is 0.718. The van der Waals surface area contributed by atoms with Gasteiger partial charge in [-0.2, -0.15) is 0 Å². The van der Waals surface area contributed by atoms with Crippen molar-refractivity contribution in [3.63, 3.8) is 0 Å². The van der Waals surface area contributed by atoms with Crippen LogP contribution in [-0.2, 0) is 11.2 Å². The van der Waals surface area contributed by atoms with Crippen molar-refractivity contribution in [2.24, 2.45) is 0 Å². The lowest BCUT2D eigenvalue weighted by molar-refractivity contribution is -0.107. The van der Waals surface area contributed by atoms with Crippen molar-refractivity contribution in [1.82, 2.24) is 0 Å². The van der Waals surface area contributed by atoms with E-state index in [4.69, 9.17) is 16.3 Å². The van der Waals surface area contributed by atoms with E-state index in [2.05, 4.69) is 0 Å².